The fourth-order valence-corrected chi connectivity index (χ4v) is 2.08. The first kappa shape index (κ1) is 17.8. The molecule has 0 rings (SSSR count). The van der Waals surface area contributed by atoms with E-state index in [1.807, 2.05) is 0 Å². The minimum absolute atomic E-state index is 2.31. The van der Waals surface area contributed by atoms with E-state index in [0.717, 1.165) is 0 Å². The Labute approximate surface area is 98.3 Å². The van der Waals surface area contributed by atoms with Crippen LogP contribution in [0.25, 0.3) is 0 Å². The van der Waals surface area contributed by atoms with Crippen LogP contribution in [0.15, 0.2) is 0 Å². The zero-order valence-electron chi connectivity index (χ0n) is 7.99. The van der Waals surface area contributed by atoms with E-state index < -0.39 is 44.8 Å². The summed E-state index contributed by atoms with van der Waals surface area (Å²) < 4.78 is 111. The van der Waals surface area contributed by atoms with Crippen LogP contribution in [0.3, 0.4) is 0 Å². The summed E-state index contributed by atoms with van der Waals surface area (Å²) in [5.74, 6) is 0. The van der Waals surface area contributed by atoms with Gasteiger partial charge in [-0.1, -0.05) is 0 Å². The van der Waals surface area contributed by atoms with E-state index in [0.29, 0.717) is 0 Å². The Balaban J connectivity index is 4.63. The minimum atomic E-state index is -5.52. The molecule has 6 nitrogen and oxygen atoms in total. The van der Waals surface area contributed by atoms with Crippen LogP contribution in [0.1, 0.15) is 0 Å². The molecule has 0 aliphatic carbocycles. The fraction of sp³-hybridized carbons (Fsp3) is 1.00. The van der Waals surface area contributed by atoms with Crippen LogP contribution in [-0.2, 0) is 28.9 Å². The van der Waals surface area contributed by atoms with Crippen molar-refractivity contribution < 1.29 is 52.7 Å². The molecule has 0 N–H and O–H groups in total. The summed E-state index contributed by atoms with van der Waals surface area (Å²) in [7, 11) is -5.52. The molecular weight excluding hydrogens is 321 g/mol. The van der Waals surface area contributed by atoms with Crippen LogP contribution in [-0.4, -0.2) is 34.3 Å². The fourth-order valence-electron chi connectivity index (χ4n) is 0.459. The molecule has 14 heteroatoms. The Hall–Kier alpha value is -0.200. The summed E-state index contributed by atoms with van der Waals surface area (Å²) in [6.07, 6.45) is -10.1. The molecule has 0 saturated carbocycles. The number of halogens is 6. The van der Waals surface area contributed by atoms with Gasteiger partial charge in [-0.25, -0.2) is 8.77 Å². The molecule has 0 aromatic rings. The van der Waals surface area contributed by atoms with Crippen LogP contribution in [0, 0.1) is 0 Å². The van der Waals surface area contributed by atoms with Gasteiger partial charge in [0.1, 0.15) is 0 Å². The van der Waals surface area contributed by atoms with Crippen molar-refractivity contribution in [3.8, 4) is 0 Å². The molecule has 0 radical (unpaired) electrons. The average molecular weight is 325 g/mol. The molecule has 0 spiro atoms. The SMILES string of the molecule is O=S([O-])OP(=O)(OCC(F)(F)F)OCC(F)(F)F. The Bertz CT molecular complexity index is 318. The first-order valence-electron chi connectivity index (χ1n) is 3.65. The van der Waals surface area contributed by atoms with E-state index in [1.165, 1.54) is 0 Å². The monoisotopic (exact) mass is 325 g/mol. The van der Waals surface area contributed by atoms with Crippen LogP contribution >= 0.6 is 7.82 Å². The van der Waals surface area contributed by atoms with Gasteiger partial charge >= 0.3 is 20.2 Å². The van der Waals surface area contributed by atoms with Crippen molar-refractivity contribution in [2.45, 2.75) is 12.4 Å². The first-order chi connectivity index (χ1) is 7.83. The lowest BCUT2D eigenvalue weighted by Crippen LogP contribution is -2.20. The number of hydrogen-bond acceptors (Lipinski definition) is 6. The Morgan fingerprint density at radius 3 is 1.56 bits per heavy atom. The quantitative estimate of drug-likeness (QED) is 0.422. The highest BCUT2D eigenvalue weighted by Gasteiger charge is 2.40. The normalized spacial score (nSPS) is 15.7. The summed E-state index contributed by atoms with van der Waals surface area (Å²) in [4.78, 5) is 0. The van der Waals surface area contributed by atoms with Crippen molar-refractivity contribution >= 4 is 19.2 Å². The molecule has 1 atom stereocenters. The largest absolute Gasteiger partial charge is 0.749 e. The van der Waals surface area contributed by atoms with Crippen molar-refractivity contribution in [1.29, 1.82) is 0 Å². The van der Waals surface area contributed by atoms with Crippen LogP contribution in [0.4, 0.5) is 26.3 Å². The van der Waals surface area contributed by atoms with Crippen molar-refractivity contribution in [3.63, 3.8) is 0 Å². The molecule has 0 aliphatic rings. The highest BCUT2D eigenvalue weighted by atomic mass is 32.2. The molecule has 0 aromatic carbocycles. The maximum atomic E-state index is 11.7. The summed E-state index contributed by atoms with van der Waals surface area (Å²) in [6, 6.07) is 0. The van der Waals surface area contributed by atoms with Gasteiger partial charge in [0.25, 0.3) is 0 Å². The van der Waals surface area contributed by atoms with Gasteiger partial charge in [-0.05, 0) is 0 Å². The van der Waals surface area contributed by atoms with Gasteiger partial charge in [-0.2, -0.15) is 30.3 Å². The predicted octanol–water partition coefficient (Wildman–Crippen LogP) is 2.06. The number of phosphoric acid groups is 1. The number of alkyl halides is 6. The number of hydrogen-bond donors (Lipinski definition) is 0. The highest BCUT2D eigenvalue weighted by molar-refractivity contribution is 7.79. The van der Waals surface area contributed by atoms with Crippen LogP contribution in [0.5, 0.6) is 0 Å². The van der Waals surface area contributed by atoms with Crippen LogP contribution in [0.2, 0.25) is 0 Å². The molecule has 0 heterocycles. The van der Waals surface area contributed by atoms with E-state index in [1.54, 1.807) is 0 Å². The van der Waals surface area contributed by atoms with E-state index in [4.69, 9.17) is 0 Å². The topological polar surface area (TPSA) is 84.9 Å². The molecular formula is C4H4F6O6PS-. The smallest absolute Gasteiger partial charge is 0.487 e. The van der Waals surface area contributed by atoms with Gasteiger partial charge in [-0.15, -0.1) is 0 Å². The summed E-state index contributed by atoms with van der Waals surface area (Å²) >= 11 is -3.69. The molecule has 0 aliphatic heterocycles. The average Bonchev–Trinajstić information content (AvgIpc) is 2.09. The van der Waals surface area contributed by atoms with Gasteiger partial charge in [0.2, 0.25) is 0 Å². The zero-order chi connectivity index (χ0) is 14.6. The van der Waals surface area contributed by atoms with Crippen LogP contribution < -0.4 is 0 Å². The van der Waals surface area contributed by atoms with E-state index in [2.05, 4.69) is 13.0 Å². The molecule has 0 amide bonds. The highest BCUT2D eigenvalue weighted by Crippen LogP contribution is 2.51. The van der Waals surface area contributed by atoms with Gasteiger partial charge in [0, 0.05) is 0 Å². The molecule has 18 heavy (non-hydrogen) atoms. The second-order valence-electron chi connectivity index (χ2n) is 2.50. The molecule has 110 valence electrons. The van der Waals surface area contributed by atoms with Gasteiger partial charge in [0.05, 0.1) is 11.4 Å². The third kappa shape index (κ3) is 9.79. The summed E-state index contributed by atoms with van der Waals surface area (Å²) in [6.45, 7) is -4.61. The maximum absolute atomic E-state index is 11.7. The second-order valence-corrected chi connectivity index (χ2v) is 4.92. The number of rotatable bonds is 6. The Morgan fingerprint density at radius 1 is 1.00 bits per heavy atom. The molecule has 1 unspecified atom stereocenters. The van der Waals surface area contributed by atoms with Gasteiger partial charge < -0.3 is 4.55 Å². The minimum Gasteiger partial charge on any atom is -0.749 e. The zero-order valence-corrected chi connectivity index (χ0v) is 9.70. The Kier molecular flexibility index (Phi) is 6.23. The van der Waals surface area contributed by atoms with Crippen molar-refractivity contribution in [1.82, 2.24) is 0 Å². The lowest BCUT2D eigenvalue weighted by Gasteiger charge is -2.19. The van der Waals surface area contributed by atoms with Gasteiger partial charge in [0.15, 0.2) is 13.2 Å². The Morgan fingerprint density at radius 2 is 1.33 bits per heavy atom. The van der Waals surface area contributed by atoms with E-state index in [-0.39, 0.29) is 0 Å². The van der Waals surface area contributed by atoms with Gasteiger partial charge in [-0.3, -0.25) is 9.05 Å². The molecule has 0 saturated heterocycles. The second kappa shape index (κ2) is 6.30. The first-order valence-corrected chi connectivity index (χ1v) is 6.11. The lowest BCUT2D eigenvalue weighted by atomic mass is 10.7. The standard InChI is InChI=1S/C4H5F6O6PS/c5-3(6,7)1-14-17(11,16-18(12)13)15-2-4(8,9)10/h1-2H2,(H,12,13)/p-1. The molecule has 0 bridgehead atoms. The lowest BCUT2D eigenvalue weighted by molar-refractivity contribution is -0.168. The summed E-state index contributed by atoms with van der Waals surface area (Å²) in [5.41, 5.74) is 0. The third-order valence-electron chi connectivity index (χ3n) is 0.925. The third-order valence-corrected chi connectivity index (χ3v) is 3.03. The predicted molar refractivity (Wildman–Crippen MR) is 41.6 cm³/mol. The molecule has 0 fully saturated rings. The summed E-state index contributed by atoms with van der Waals surface area (Å²) in [5, 5.41) is 0. The van der Waals surface area contributed by atoms with Crippen molar-refractivity contribution in [3.05, 3.63) is 0 Å². The van der Waals surface area contributed by atoms with Crippen molar-refractivity contribution in [2.75, 3.05) is 13.2 Å². The maximum Gasteiger partial charge on any atom is 0.487 e. The van der Waals surface area contributed by atoms with E-state index >= 15 is 0 Å². The molecule has 0 aromatic heterocycles. The van der Waals surface area contributed by atoms with Crippen molar-refractivity contribution in [2.24, 2.45) is 0 Å². The number of phosphoric ester groups is 1. The van der Waals surface area contributed by atoms with E-state index in [9.17, 15) is 39.7 Å².